The van der Waals surface area contributed by atoms with E-state index < -0.39 is 34.6 Å². The van der Waals surface area contributed by atoms with Crippen LogP contribution in [0.2, 0.25) is 0 Å². The Kier molecular flexibility index (Phi) is 5.75. The first-order chi connectivity index (χ1) is 12.3. The average molecular weight is 359 g/mol. The van der Waals surface area contributed by atoms with Gasteiger partial charge < -0.3 is 10.6 Å². The van der Waals surface area contributed by atoms with Gasteiger partial charge in [-0.2, -0.15) is 5.26 Å². The third-order valence-corrected chi connectivity index (χ3v) is 3.32. The van der Waals surface area contributed by atoms with E-state index in [1.54, 1.807) is 6.07 Å². The van der Waals surface area contributed by atoms with Gasteiger partial charge in [0.1, 0.15) is 11.6 Å². The molecular formula is C18H12F3N3O2. The Morgan fingerprint density at radius 2 is 1.69 bits per heavy atom. The first-order valence-corrected chi connectivity index (χ1v) is 7.26. The van der Waals surface area contributed by atoms with Crippen LogP contribution in [0.15, 0.2) is 48.2 Å². The highest BCUT2D eigenvalue weighted by Gasteiger charge is 2.14. The van der Waals surface area contributed by atoms with Gasteiger partial charge in [0.2, 0.25) is 0 Å². The minimum absolute atomic E-state index is 0.141. The topological polar surface area (TPSA) is 82.0 Å². The molecule has 2 aromatic carbocycles. The number of rotatable bonds is 5. The number of nitriles is 1. The number of halogens is 3. The maximum Gasteiger partial charge on any atom is 0.267 e. The standard InChI is InChI=1S/C18H12F3N3O2/c1-10(25)11-2-4-13(5-3-11)24-18(26)12(8-22)9-23-15-7-6-14(19)16(20)17(15)21/h2-7,9,23H,1H3,(H,24,26)/b12-9-. The number of amides is 1. The van der Waals surface area contributed by atoms with E-state index in [9.17, 15) is 22.8 Å². The quantitative estimate of drug-likeness (QED) is 0.369. The second-order valence-corrected chi connectivity index (χ2v) is 5.12. The van der Waals surface area contributed by atoms with Gasteiger partial charge in [-0.1, -0.05) is 0 Å². The zero-order valence-corrected chi connectivity index (χ0v) is 13.4. The Balaban J connectivity index is 2.13. The highest BCUT2D eigenvalue weighted by Crippen LogP contribution is 2.20. The molecule has 5 nitrogen and oxygen atoms in total. The van der Waals surface area contributed by atoms with Crippen LogP contribution in [0.5, 0.6) is 0 Å². The highest BCUT2D eigenvalue weighted by molar-refractivity contribution is 6.07. The van der Waals surface area contributed by atoms with Gasteiger partial charge in [0.25, 0.3) is 5.91 Å². The van der Waals surface area contributed by atoms with Gasteiger partial charge >= 0.3 is 0 Å². The maximum absolute atomic E-state index is 13.6. The summed E-state index contributed by atoms with van der Waals surface area (Å²) in [6.45, 7) is 1.40. The molecular weight excluding hydrogens is 347 g/mol. The number of nitrogens with zero attached hydrogens (tertiary/aromatic N) is 1. The van der Waals surface area contributed by atoms with Crippen LogP contribution in [0.3, 0.4) is 0 Å². The molecule has 0 spiro atoms. The van der Waals surface area contributed by atoms with Gasteiger partial charge in [-0.25, -0.2) is 13.2 Å². The summed E-state index contributed by atoms with van der Waals surface area (Å²) in [5.41, 5.74) is -0.0743. The third kappa shape index (κ3) is 4.27. The Morgan fingerprint density at radius 1 is 1.04 bits per heavy atom. The maximum atomic E-state index is 13.6. The van der Waals surface area contributed by atoms with E-state index in [0.29, 0.717) is 17.3 Å². The molecule has 1 amide bonds. The summed E-state index contributed by atoms with van der Waals surface area (Å²) >= 11 is 0. The normalized spacial score (nSPS) is 10.8. The first kappa shape index (κ1) is 18.7. The minimum atomic E-state index is -1.67. The van der Waals surface area contributed by atoms with Crippen LogP contribution < -0.4 is 10.6 Å². The monoisotopic (exact) mass is 359 g/mol. The van der Waals surface area contributed by atoms with Gasteiger partial charge in [-0.05, 0) is 43.3 Å². The van der Waals surface area contributed by atoms with Crippen LogP contribution in [0.4, 0.5) is 24.5 Å². The highest BCUT2D eigenvalue weighted by atomic mass is 19.2. The number of Topliss-reactive ketones (excluding diaryl/α,β-unsaturated/α-hetero) is 1. The average Bonchev–Trinajstić information content (AvgIpc) is 2.62. The molecule has 132 valence electrons. The number of carbonyl (C=O) groups is 2. The number of nitrogens with one attached hydrogen (secondary N) is 2. The fourth-order valence-corrected chi connectivity index (χ4v) is 1.92. The van der Waals surface area contributed by atoms with E-state index in [0.717, 1.165) is 12.3 Å². The SMILES string of the molecule is CC(=O)c1ccc(NC(=O)/C(C#N)=C\Nc2ccc(F)c(F)c2F)cc1. The molecule has 8 heteroatoms. The van der Waals surface area contributed by atoms with Gasteiger partial charge in [-0.3, -0.25) is 9.59 Å². The van der Waals surface area contributed by atoms with Crippen molar-refractivity contribution in [2.75, 3.05) is 10.6 Å². The van der Waals surface area contributed by atoms with Crippen LogP contribution in [-0.4, -0.2) is 11.7 Å². The molecule has 0 atom stereocenters. The van der Waals surface area contributed by atoms with Crippen LogP contribution in [0.1, 0.15) is 17.3 Å². The molecule has 0 aliphatic heterocycles. The number of anilines is 2. The zero-order chi connectivity index (χ0) is 19.3. The van der Waals surface area contributed by atoms with Crippen molar-refractivity contribution in [3.05, 3.63) is 71.2 Å². The number of hydrogen-bond acceptors (Lipinski definition) is 4. The largest absolute Gasteiger partial charge is 0.358 e. The van der Waals surface area contributed by atoms with Crippen LogP contribution in [-0.2, 0) is 4.79 Å². The molecule has 0 aliphatic rings. The second-order valence-electron chi connectivity index (χ2n) is 5.12. The van der Waals surface area contributed by atoms with Crippen molar-refractivity contribution in [2.24, 2.45) is 0 Å². The smallest absolute Gasteiger partial charge is 0.267 e. The number of ketones is 1. The molecule has 2 N–H and O–H groups in total. The van der Waals surface area contributed by atoms with Gasteiger partial charge in [0.15, 0.2) is 23.2 Å². The van der Waals surface area contributed by atoms with Gasteiger partial charge in [-0.15, -0.1) is 0 Å². The summed E-state index contributed by atoms with van der Waals surface area (Å²) in [5.74, 6) is -5.45. The number of carbonyl (C=O) groups excluding carboxylic acids is 2. The number of benzene rings is 2. The first-order valence-electron chi connectivity index (χ1n) is 7.26. The molecule has 2 aromatic rings. The van der Waals surface area contributed by atoms with E-state index in [-0.39, 0.29) is 5.78 Å². The summed E-state index contributed by atoms with van der Waals surface area (Å²) in [7, 11) is 0. The minimum Gasteiger partial charge on any atom is -0.358 e. The molecule has 26 heavy (non-hydrogen) atoms. The fourth-order valence-electron chi connectivity index (χ4n) is 1.92. The summed E-state index contributed by atoms with van der Waals surface area (Å²) < 4.78 is 39.6. The predicted octanol–water partition coefficient (Wildman–Crippen LogP) is 3.76. The van der Waals surface area contributed by atoms with E-state index in [1.807, 2.05) is 0 Å². The molecule has 2 rings (SSSR count). The molecule has 0 heterocycles. The lowest BCUT2D eigenvalue weighted by Gasteiger charge is -2.07. The van der Waals surface area contributed by atoms with Crippen molar-refractivity contribution in [2.45, 2.75) is 6.92 Å². The second kappa shape index (κ2) is 7.98. The summed E-state index contributed by atoms with van der Waals surface area (Å²) in [4.78, 5) is 23.3. The predicted molar refractivity (Wildman–Crippen MR) is 88.7 cm³/mol. The Labute approximate surface area is 146 Å². The van der Waals surface area contributed by atoms with Gasteiger partial charge in [0.05, 0.1) is 5.69 Å². The Bertz CT molecular complexity index is 932. The molecule has 0 radical (unpaired) electrons. The lowest BCUT2D eigenvalue weighted by Crippen LogP contribution is -2.14. The molecule has 0 saturated carbocycles. The molecule has 0 saturated heterocycles. The van der Waals surface area contributed by atoms with E-state index in [4.69, 9.17) is 5.26 Å². The van der Waals surface area contributed by atoms with E-state index in [1.165, 1.54) is 31.2 Å². The van der Waals surface area contributed by atoms with Crippen LogP contribution in [0, 0.1) is 28.8 Å². The van der Waals surface area contributed by atoms with Crippen molar-refractivity contribution < 1.29 is 22.8 Å². The molecule has 0 aromatic heterocycles. The summed E-state index contributed by atoms with van der Waals surface area (Å²) in [6.07, 6.45) is 0.870. The third-order valence-electron chi connectivity index (χ3n) is 3.32. The summed E-state index contributed by atoms with van der Waals surface area (Å²) in [5, 5.41) is 13.7. The zero-order valence-electron chi connectivity index (χ0n) is 13.4. The van der Waals surface area contributed by atoms with E-state index in [2.05, 4.69) is 10.6 Å². The molecule has 0 unspecified atom stereocenters. The van der Waals surface area contributed by atoms with E-state index >= 15 is 0 Å². The van der Waals surface area contributed by atoms with Crippen molar-refractivity contribution in [1.82, 2.24) is 0 Å². The fraction of sp³-hybridized carbons (Fsp3) is 0.0556. The molecule has 0 aliphatic carbocycles. The van der Waals surface area contributed by atoms with Crippen molar-refractivity contribution in [3.8, 4) is 6.07 Å². The molecule has 0 fully saturated rings. The Morgan fingerprint density at radius 3 is 2.27 bits per heavy atom. The van der Waals surface area contributed by atoms with Gasteiger partial charge in [0, 0.05) is 17.5 Å². The Hall–Kier alpha value is -3.60. The summed E-state index contributed by atoms with van der Waals surface area (Å²) in [6, 6.07) is 9.21. The van der Waals surface area contributed by atoms with Crippen LogP contribution in [0.25, 0.3) is 0 Å². The van der Waals surface area contributed by atoms with Crippen molar-refractivity contribution in [1.29, 1.82) is 5.26 Å². The van der Waals surface area contributed by atoms with Crippen molar-refractivity contribution in [3.63, 3.8) is 0 Å². The van der Waals surface area contributed by atoms with Crippen LogP contribution >= 0.6 is 0 Å². The van der Waals surface area contributed by atoms with Crippen molar-refractivity contribution >= 4 is 23.1 Å². The lowest BCUT2D eigenvalue weighted by molar-refractivity contribution is -0.112. The molecule has 0 bridgehead atoms. The number of hydrogen-bond donors (Lipinski definition) is 2. The lowest BCUT2D eigenvalue weighted by atomic mass is 10.1.